The van der Waals surface area contributed by atoms with E-state index < -0.39 is 0 Å². The zero-order valence-electron chi connectivity index (χ0n) is 13.4. The van der Waals surface area contributed by atoms with Crippen molar-refractivity contribution >= 4 is 0 Å². The number of rotatable bonds is 8. The Morgan fingerprint density at radius 1 is 1.33 bits per heavy atom. The molecule has 0 spiro atoms. The molecular formula is C17H29N3O. The highest BCUT2D eigenvalue weighted by molar-refractivity contribution is 5.15. The predicted molar refractivity (Wildman–Crippen MR) is 87.2 cm³/mol. The molecule has 1 aromatic rings. The first-order valence-corrected chi connectivity index (χ1v) is 7.95. The van der Waals surface area contributed by atoms with Crippen molar-refractivity contribution in [2.45, 2.75) is 25.4 Å². The molecule has 118 valence electrons. The summed E-state index contributed by atoms with van der Waals surface area (Å²) in [6, 6.07) is 10.7. The SMILES string of the molecule is CCOCCN(C)C1(CN)CCN(Cc2ccccc2)C1. The van der Waals surface area contributed by atoms with Crippen LogP contribution in [0, 0.1) is 0 Å². The standard InChI is InChI=1S/C17H29N3O/c1-3-21-12-11-19(2)17(14-18)9-10-20(15-17)13-16-7-5-4-6-8-16/h4-8H,3,9-15,18H2,1-2H3. The van der Waals surface area contributed by atoms with Crippen molar-refractivity contribution in [3.05, 3.63) is 35.9 Å². The van der Waals surface area contributed by atoms with E-state index >= 15 is 0 Å². The van der Waals surface area contributed by atoms with Gasteiger partial charge in [-0.1, -0.05) is 30.3 Å². The number of ether oxygens (including phenoxy) is 1. The lowest BCUT2D eigenvalue weighted by Gasteiger charge is -2.38. The molecule has 4 nitrogen and oxygen atoms in total. The Bertz CT molecular complexity index is 412. The van der Waals surface area contributed by atoms with Crippen molar-refractivity contribution in [1.82, 2.24) is 9.80 Å². The van der Waals surface area contributed by atoms with E-state index in [4.69, 9.17) is 10.5 Å². The van der Waals surface area contributed by atoms with Crippen LogP contribution in [0.3, 0.4) is 0 Å². The van der Waals surface area contributed by atoms with Gasteiger partial charge in [-0.05, 0) is 26.0 Å². The Labute approximate surface area is 128 Å². The number of hydrogen-bond acceptors (Lipinski definition) is 4. The molecule has 0 saturated carbocycles. The van der Waals surface area contributed by atoms with Crippen LogP contribution in [-0.2, 0) is 11.3 Å². The summed E-state index contributed by atoms with van der Waals surface area (Å²) in [6.07, 6.45) is 1.14. The maximum atomic E-state index is 6.12. The van der Waals surface area contributed by atoms with Crippen LogP contribution < -0.4 is 5.73 Å². The summed E-state index contributed by atoms with van der Waals surface area (Å²) < 4.78 is 5.48. The van der Waals surface area contributed by atoms with Gasteiger partial charge >= 0.3 is 0 Å². The topological polar surface area (TPSA) is 41.7 Å². The molecule has 1 unspecified atom stereocenters. The molecule has 1 aromatic carbocycles. The highest BCUT2D eigenvalue weighted by Crippen LogP contribution is 2.27. The van der Waals surface area contributed by atoms with E-state index in [9.17, 15) is 0 Å². The fourth-order valence-electron chi connectivity index (χ4n) is 3.13. The molecule has 2 rings (SSSR count). The van der Waals surface area contributed by atoms with E-state index in [1.54, 1.807) is 0 Å². The van der Waals surface area contributed by atoms with Crippen LogP contribution in [0.2, 0.25) is 0 Å². The van der Waals surface area contributed by atoms with E-state index in [1.807, 2.05) is 6.92 Å². The third-order valence-corrected chi connectivity index (χ3v) is 4.63. The van der Waals surface area contributed by atoms with Crippen LogP contribution in [0.15, 0.2) is 30.3 Å². The second-order valence-electron chi connectivity index (χ2n) is 5.99. The first-order chi connectivity index (χ1) is 10.2. The quantitative estimate of drug-likeness (QED) is 0.738. The minimum Gasteiger partial charge on any atom is -0.380 e. The number of likely N-dealkylation sites (N-methyl/N-ethyl adjacent to an activating group) is 1. The number of nitrogens with zero attached hydrogens (tertiary/aromatic N) is 2. The largest absolute Gasteiger partial charge is 0.380 e. The molecule has 0 amide bonds. The molecule has 2 N–H and O–H groups in total. The van der Waals surface area contributed by atoms with Gasteiger partial charge in [-0.25, -0.2) is 0 Å². The molecule has 0 aromatic heterocycles. The number of nitrogens with two attached hydrogens (primary N) is 1. The Morgan fingerprint density at radius 3 is 2.76 bits per heavy atom. The van der Waals surface area contributed by atoms with E-state index in [-0.39, 0.29) is 5.54 Å². The second kappa shape index (κ2) is 7.90. The lowest BCUT2D eigenvalue weighted by Crippen LogP contribution is -2.54. The van der Waals surface area contributed by atoms with Crippen LogP contribution in [0.25, 0.3) is 0 Å². The van der Waals surface area contributed by atoms with Gasteiger partial charge in [-0.3, -0.25) is 9.80 Å². The van der Waals surface area contributed by atoms with E-state index in [2.05, 4.69) is 47.2 Å². The highest BCUT2D eigenvalue weighted by atomic mass is 16.5. The van der Waals surface area contributed by atoms with Crippen molar-refractivity contribution in [2.75, 3.05) is 46.4 Å². The summed E-state index contributed by atoms with van der Waals surface area (Å²) in [4.78, 5) is 4.91. The molecule has 0 aliphatic carbocycles. The normalized spacial score (nSPS) is 23.0. The average molecular weight is 291 g/mol. The molecule has 1 atom stereocenters. The van der Waals surface area contributed by atoms with E-state index in [1.165, 1.54) is 5.56 Å². The third-order valence-electron chi connectivity index (χ3n) is 4.63. The first kappa shape index (κ1) is 16.4. The van der Waals surface area contributed by atoms with Crippen LogP contribution in [0.5, 0.6) is 0 Å². The Morgan fingerprint density at radius 2 is 2.10 bits per heavy atom. The summed E-state index contributed by atoms with van der Waals surface area (Å²) in [6.45, 7) is 8.44. The molecule has 0 radical (unpaired) electrons. The van der Waals surface area contributed by atoms with Crippen molar-refractivity contribution in [3.8, 4) is 0 Å². The maximum absolute atomic E-state index is 6.12. The van der Waals surface area contributed by atoms with Gasteiger partial charge in [0.15, 0.2) is 0 Å². The molecule has 1 aliphatic rings. The lowest BCUT2D eigenvalue weighted by molar-refractivity contribution is 0.0703. The van der Waals surface area contributed by atoms with Crippen molar-refractivity contribution in [1.29, 1.82) is 0 Å². The van der Waals surface area contributed by atoms with Crippen LogP contribution >= 0.6 is 0 Å². The maximum Gasteiger partial charge on any atom is 0.0593 e. The minimum absolute atomic E-state index is 0.103. The fraction of sp³-hybridized carbons (Fsp3) is 0.647. The van der Waals surface area contributed by atoms with Crippen molar-refractivity contribution in [3.63, 3.8) is 0 Å². The number of likely N-dealkylation sites (tertiary alicyclic amines) is 1. The number of benzene rings is 1. The molecule has 1 fully saturated rings. The third kappa shape index (κ3) is 4.27. The monoisotopic (exact) mass is 291 g/mol. The molecule has 21 heavy (non-hydrogen) atoms. The molecule has 1 aliphatic heterocycles. The van der Waals surface area contributed by atoms with Gasteiger partial charge in [0, 0.05) is 44.9 Å². The predicted octanol–water partition coefficient (Wildman–Crippen LogP) is 1.56. The van der Waals surface area contributed by atoms with Gasteiger partial charge in [-0.15, -0.1) is 0 Å². The molecule has 0 bridgehead atoms. The van der Waals surface area contributed by atoms with Gasteiger partial charge in [0.05, 0.1) is 6.61 Å². The van der Waals surface area contributed by atoms with E-state index in [0.29, 0.717) is 6.54 Å². The van der Waals surface area contributed by atoms with Gasteiger partial charge in [0.1, 0.15) is 0 Å². The number of hydrogen-bond donors (Lipinski definition) is 1. The van der Waals surface area contributed by atoms with Crippen LogP contribution in [0.4, 0.5) is 0 Å². The summed E-state index contributed by atoms with van der Waals surface area (Å²) in [5.74, 6) is 0. The van der Waals surface area contributed by atoms with Gasteiger partial charge in [0.2, 0.25) is 0 Å². The molecule has 1 heterocycles. The molecule has 4 heteroatoms. The van der Waals surface area contributed by atoms with Crippen molar-refractivity contribution < 1.29 is 4.74 Å². The molecular weight excluding hydrogens is 262 g/mol. The van der Waals surface area contributed by atoms with Gasteiger partial charge < -0.3 is 10.5 Å². The Hall–Kier alpha value is -0.940. The zero-order valence-corrected chi connectivity index (χ0v) is 13.4. The zero-order chi connectivity index (χ0) is 15.1. The average Bonchev–Trinajstić information content (AvgIpc) is 2.93. The molecule has 1 saturated heterocycles. The minimum atomic E-state index is 0.103. The summed E-state index contributed by atoms with van der Waals surface area (Å²) in [7, 11) is 2.18. The highest BCUT2D eigenvalue weighted by Gasteiger charge is 2.39. The summed E-state index contributed by atoms with van der Waals surface area (Å²) >= 11 is 0. The Balaban J connectivity index is 1.90. The summed E-state index contributed by atoms with van der Waals surface area (Å²) in [5, 5.41) is 0. The van der Waals surface area contributed by atoms with Crippen LogP contribution in [-0.4, -0.2) is 61.8 Å². The van der Waals surface area contributed by atoms with Crippen LogP contribution in [0.1, 0.15) is 18.9 Å². The lowest BCUT2D eigenvalue weighted by atomic mass is 9.97. The fourth-order valence-corrected chi connectivity index (χ4v) is 3.13. The second-order valence-corrected chi connectivity index (χ2v) is 5.99. The smallest absolute Gasteiger partial charge is 0.0593 e. The first-order valence-electron chi connectivity index (χ1n) is 7.95. The Kier molecular flexibility index (Phi) is 6.18. The van der Waals surface area contributed by atoms with E-state index in [0.717, 1.165) is 45.8 Å². The van der Waals surface area contributed by atoms with Gasteiger partial charge in [0.25, 0.3) is 0 Å². The summed E-state index contributed by atoms with van der Waals surface area (Å²) in [5.41, 5.74) is 7.60. The van der Waals surface area contributed by atoms with Gasteiger partial charge in [-0.2, -0.15) is 0 Å². The van der Waals surface area contributed by atoms with Crippen molar-refractivity contribution in [2.24, 2.45) is 5.73 Å².